The summed E-state index contributed by atoms with van der Waals surface area (Å²) in [6, 6.07) is 37.1. The van der Waals surface area contributed by atoms with E-state index in [2.05, 4.69) is 0 Å². The molecule has 0 bridgehead atoms. The fourth-order valence-electron chi connectivity index (χ4n) is 3.94. The van der Waals surface area contributed by atoms with Crippen molar-refractivity contribution in [3.05, 3.63) is 144 Å². The monoisotopic (exact) mass is 564 g/mol. The molecule has 0 aliphatic carbocycles. The normalized spacial score (nSPS) is 14.7. The summed E-state index contributed by atoms with van der Waals surface area (Å²) in [6.45, 7) is -0.287. The molecule has 5 rings (SSSR count). The van der Waals surface area contributed by atoms with Crippen molar-refractivity contribution < 1.29 is 32.0 Å². The minimum Gasteiger partial charge on any atom is -0.346 e. The predicted octanol–water partition coefficient (Wildman–Crippen LogP) is 7.92. The highest BCUT2D eigenvalue weighted by Gasteiger charge is 2.76. The van der Waals surface area contributed by atoms with Crippen molar-refractivity contribution in [2.45, 2.75) is 31.5 Å². The van der Waals surface area contributed by atoms with Gasteiger partial charge in [-0.25, -0.2) is 0 Å². The van der Waals surface area contributed by atoms with E-state index in [9.17, 15) is 9.13 Å². The van der Waals surface area contributed by atoms with Crippen LogP contribution in [0.5, 0.6) is 0 Å². The number of benzene rings is 4. The Morgan fingerprint density at radius 1 is 0.487 bits per heavy atom. The minimum absolute atomic E-state index is 0.0324. The van der Waals surface area contributed by atoms with Gasteiger partial charge in [0.05, 0.1) is 26.4 Å². The van der Waals surface area contributed by atoms with Crippen molar-refractivity contribution in [1.82, 2.24) is 0 Å². The van der Waals surface area contributed by atoms with Gasteiger partial charge in [-0.3, -0.25) is 9.13 Å². The maximum atomic E-state index is 14.6. The Labute approximate surface area is 228 Å². The summed E-state index contributed by atoms with van der Waals surface area (Å²) in [6.07, 6.45) is 0. The van der Waals surface area contributed by atoms with E-state index in [1.807, 2.05) is 121 Å². The number of rotatable bonds is 14. The lowest BCUT2D eigenvalue weighted by Gasteiger charge is -2.30. The lowest BCUT2D eigenvalue weighted by molar-refractivity contribution is 0.146. The Balaban J connectivity index is 1.45. The Bertz CT molecular complexity index is 1210. The van der Waals surface area contributed by atoms with Gasteiger partial charge in [0.1, 0.15) is 6.61 Å². The molecule has 39 heavy (non-hydrogen) atoms. The average molecular weight is 565 g/mol. The van der Waals surface area contributed by atoms with Crippen molar-refractivity contribution in [3.63, 3.8) is 0 Å². The maximum absolute atomic E-state index is 14.6. The first-order valence-electron chi connectivity index (χ1n) is 12.6. The fourth-order valence-corrected chi connectivity index (χ4v) is 8.83. The van der Waals surface area contributed by atoms with Gasteiger partial charge in [-0.05, 0) is 22.3 Å². The molecule has 0 N–H and O–H groups in total. The maximum Gasteiger partial charge on any atom is 0.377 e. The van der Waals surface area contributed by atoms with Gasteiger partial charge in [0.25, 0.3) is 5.08 Å². The zero-order valence-electron chi connectivity index (χ0n) is 21.3. The van der Waals surface area contributed by atoms with Crippen LogP contribution in [0.25, 0.3) is 0 Å². The van der Waals surface area contributed by atoms with E-state index in [0.717, 1.165) is 22.3 Å². The molecule has 0 saturated carbocycles. The van der Waals surface area contributed by atoms with E-state index >= 15 is 0 Å². The highest BCUT2D eigenvalue weighted by molar-refractivity contribution is 7.74. The molecular formula is C30H30O7P2. The third kappa shape index (κ3) is 6.66. The van der Waals surface area contributed by atoms with Crippen molar-refractivity contribution >= 4 is 15.2 Å². The van der Waals surface area contributed by atoms with Crippen LogP contribution in [0.2, 0.25) is 0 Å². The molecule has 1 heterocycles. The smallest absolute Gasteiger partial charge is 0.346 e. The van der Waals surface area contributed by atoms with Crippen LogP contribution in [-0.2, 0) is 58.4 Å². The lowest BCUT2D eigenvalue weighted by Crippen LogP contribution is -2.20. The van der Waals surface area contributed by atoms with Gasteiger partial charge in [-0.15, -0.1) is 0 Å². The third-order valence-corrected chi connectivity index (χ3v) is 11.8. The average Bonchev–Trinajstić information content (AvgIpc) is 3.83. The topological polar surface area (TPSA) is 83.6 Å². The summed E-state index contributed by atoms with van der Waals surface area (Å²) >= 11 is 0. The van der Waals surface area contributed by atoms with Gasteiger partial charge in [-0.2, -0.15) is 0 Å². The predicted molar refractivity (Wildman–Crippen MR) is 149 cm³/mol. The van der Waals surface area contributed by atoms with E-state index in [1.165, 1.54) is 0 Å². The van der Waals surface area contributed by atoms with Gasteiger partial charge in [0.2, 0.25) is 0 Å². The SMILES string of the molecule is O=P(OCc1ccccc1)(OCc1ccccc1)C1(P(=O)(OCc2ccccc2)OCc2ccccc2)CO1. The van der Waals surface area contributed by atoms with Crippen LogP contribution >= 0.6 is 15.2 Å². The molecule has 1 saturated heterocycles. The largest absolute Gasteiger partial charge is 0.377 e. The summed E-state index contributed by atoms with van der Waals surface area (Å²) in [5.41, 5.74) is 3.12. The Hall–Kier alpha value is -2.86. The standard InChI is InChI=1S/C30H30O7P2/c31-38(34-21-26-13-5-1-6-14-26,35-22-27-15-7-2-8-16-27)30(25-33-30)39(32,36-23-28-17-9-3-10-18-28)37-24-29-19-11-4-12-20-29/h1-20H,21-25H2. The molecule has 1 fully saturated rings. The molecular weight excluding hydrogens is 534 g/mol. The molecule has 0 aromatic heterocycles. The van der Waals surface area contributed by atoms with E-state index < -0.39 is 20.3 Å². The molecule has 1 aliphatic heterocycles. The zero-order valence-corrected chi connectivity index (χ0v) is 23.1. The number of hydrogen-bond donors (Lipinski definition) is 0. The van der Waals surface area contributed by atoms with Gasteiger partial charge >= 0.3 is 15.2 Å². The molecule has 1 aliphatic rings. The van der Waals surface area contributed by atoms with Gasteiger partial charge in [-0.1, -0.05) is 121 Å². The Morgan fingerprint density at radius 2 is 0.718 bits per heavy atom. The summed E-state index contributed by atoms with van der Waals surface area (Å²) in [5.74, 6) is 0. The van der Waals surface area contributed by atoms with E-state index in [1.54, 1.807) is 0 Å². The number of hydrogen-bond acceptors (Lipinski definition) is 7. The number of epoxide rings is 1. The lowest BCUT2D eigenvalue weighted by atomic mass is 10.2. The first-order chi connectivity index (χ1) is 19.0. The van der Waals surface area contributed by atoms with Crippen LogP contribution in [0.15, 0.2) is 121 Å². The highest BCUT2D eigenvalue weighted by atomic mass is 31.2. The van der Waals surface area contributed by atoms with Crippen molar-refractivity contribution in [1.29, 1.82) is 0 Å². The molecule has 9 heteroatoms. The quantitative estimate of drug-likeness (QED) is 0.114. The van der Waals surface area contributed by atoms with E-state index in [-0.39, 0.29) is 33.0 Å². The van der Waals surface area contributed by atoms with Crippen molar-refractivity contribution in [2.75, 3.05) is 6.61 Å². The zero-order chi connectivity index (χ0) is 27.0. The van der Waals surface area contributed by atoms with Crippen LogP contribution in [0.1, 0.15) is 22.3 Å². The summed E-state index contributed by atoms with van der Waals surface area (Å²) in [4.78, 5) is 0. The molecule has 0 unspecified atom stereocenters. The minimum atomic E-state index is -4.24. The molecule has 202 valence electrons. The Kier molecular flexibility index (Phi) is 8.91. The van der Waals surface area contributed by atoms with Crippen LogP contribution < -0.4 is 0 Å². The molecule has 4 aromatic carbocycles. The molecule has 0 amide bonds. The fraction of sp³-hybridized carbons (Fsp3) is 0.200. The van der Waals surface area contributed by atoms with Crippen molar-refractivity contribution in [2.24, 2.45) is 0 Å². The first kappa shape index (κ1) is 27.7. The molecule has 0 spiro atoms. The molecule has 0 radical (unpaired) electrons. The van der Waals surface area contributed by atoms with Gasteiger partial charge in [0, 0.05) is 0 Å². The van der Waals surface area contributed by atoms with E-state index in [4.69, 9.17) is 22.8 Å². The second kappa shape index (κ2) is 12.5. The second-order valence-electron chi connectivity index (χ2n) is 9.06. The third-order valence-electron chi connectivity index (χ3n) is 6.23. The van der Waals surface area contributed by atoms with Gasteiger partial charge < -0.3 is 22.8 Å². The first-order valence-corrected chi connectivity index (χ1v) is 15.7. The second-order valence-corrected chi connectivity index (χ2v) is 13.9. The van der Waals surface area contributed by atoms with Crippen molar-refractivity contribution in [3.8, 4) is 0 Å². The van der Waals surface area contributed by atoms with Gasteiger partial charge in [0.15, 0.2) is 0 Å². The summed E-state index contributed by atoms with van der Waals surface area (Å²) < 4.78 is 58.9. The van der Waals surface area contributed by atoms with Crippen LogP contribution in [0.4, 0.5) is 0 Å². The van der Waals surface area contributed by atoms with Crippen LogP contribution in [0.3, 0.4) is 0 Å². The molecule has 0 atom stereocenters. The van der Waals surface area contributed by atoms with Crippen LogP contribution in [0, 0.1) is 0 Å². The summed E-state index contributed by atoms with van der Waals surface area (Å²) in [5, 5.41) is -1.90. The highest BCUT2D eigenvalue weighted by Crippen LogP contribution is 2.84. The molecule has 7 nitrogen and oxygen atoms in total. The van der Waals surface area contributed by atoms with E-state index in [0.29, 0.717) is 0 Å². The summed E-state index contributed by atoms with van der Waals surface area (Å²) in [7, 11) is -8.48. The number of ether oxygens (including phenoxy) is 1. The molecule has 4 aromatic rings. The van der Waals surface area contributed by atoms with Crippen LogP contribution in [-0.4, -0.2) is 11.7 Å². The Morgan fingerprint density at radius 3 is 0.923 bits per heavy atom.